The molecule has 0 saturated heterocycles. The third-order valence-corrected chi connectivity index (χ3v) is 4.66. The second-order valence-corrected chi connectivity index (χ2v) is 6.81. The lowest BCUT2D eigenvalue weighted by Crippen LogP contribution is -2.14. The first-order valence-corrected chi connectivity index (χ1v) is 8.85. The van der Waals surface area contributed by atoms with Gasteiger partial charge < -0.3 is 9.15 Å². The van der Waals surface area contributed by atoms with Gasteiger partial charge in [-0.2, -0.15) is 0 Å². The Labute approximate surface area is 138 Å². The summed E-state index contributed by atoms with van der Waals surface area (Å²) in [6, 6.07) is 11.0. The molecule has 126 valence electrons. The van der Waals surface area contributed by atoms with Crippen LogP contribution in [0.4, 0.5) is 5.69 Å². The number of benzene rings is 2. The Balaban J connectivity index is 1.94. The van der Waals surface area contributed by atoms with Gasteiger partial charge in [-0.3, -0.25) is 9.71 Å². The number of rotatable bonds is 6. The zero-order valence-electron chi connectivity index (χ0n) is 12.9. The molecule has 3 aromatic rings. The highest BCUT2D eigenvalue weighted by atomic mass is 32.2. The molecule has 0 fully saturated rings. The SMILES string of the molecule is CCCOc1ccccc1NS(=O)(=O)c1ccc2[nH]c(=O)oc2c1. The topological polar surface area (TPSA) is 101 Å². The van der Waals surface area contributed by atoms with Crippen molar-refractivity contribution in [1.29, 1.82) is 0 Å². The maximum atomic E-state index is 12.6. The lowest BCUT2D eigenvalue weighted by Gasteiger charge is -2.13. The minimum Gasteiger partial charge on any atom is -0.491 e. The number of nitrogens with one attached hydrogen (secondary N) is 2. The van der Waals surface area contributed by atoms with Gasteiger partial charge in [-0.1, -0.05) is 19.1 Å². The fraction of sp³-hybridized carbons (Fsp3) is 0.188. The van der Waals surface area contributed by atoms with Crippen molar-refractivity contribution in [2.24, 2.45) is 0 Å². The van der Waals surface area contributed by atoms with E-state index in [4.69, 9.17) is 9.15 Å². The smallest absolute Gasteiger partial charge is 0.417 e. The molecule has 24 heavy (non-hydrogen) atoms. The number of hydrogen-bond acceptors (Lipinski definition) is 5. The van der Waals surface area contributed by atoms with E-state index in [1.165, 1.54) is 18.2 Å². The zero-order chi connectivity index (χ0) is 17.2. The predicted octanol–water partition coefficient (Wildman–Crippen LogP) is 2.71. The lowest BCUT2D eigenvalue weighted by molar-refractivity contribution is 0.319. The van der Waals surface area contributed by atoms with Crippen LogP contribution in [-0.2, 0) is 10.0 Å². The van der Waals surface area contributed by atoms with Crippen molar-refractivity contribution in [3.8, 4) is 5.75 Å². The number of H-pyrrole nitrogens is 1. The number of hydrogen-bond donors (Lipinski definition) is 2. The summed E-state index contributed by atoms with van der Waals surface area (Å²) in [5.41, 5.74) is 0.964. The van der Waals surface area contributed by atoms with E-state index in [1.807, 2.05) is 6.92 Å². The maximum Gasteiger partial charge on any atom is 0.417 e. The summed E-state index contributed by atoms with van der Waals surface area (Å²) in [5, 5.41) is 0. The summed E-state index contributed by atoms with van der Waals surface area (Å²) in [5.74, 6) is -0.178. The van der Waals surface area contributed by atoms with Gasteiger partial charge in [-0.05, 0) is 30.7 Å². The van der Waals surface area contributed by atoms with Gasteiger partial charge >= 0.3 is 5.76 Å². The quantitative estimate of drug-likeness (QED) is 0.713. The monoisotopic (exact) mass is 348 g/mol. The van der Waals surface area contributed by atoms with Crippen molar-refractivity contribution in [3.63, 3.8) is 0 Å². The third kappa shape index (κ3) is 3.28. The van der Waals surface area contributed by atoms with E-state index in [1.54, 1.807) is 24.3 Å². The lowest BCUT2D eigenvalue weighted by atomic mass is 10.3. The highest BCUT2D eigenvalue weighted by Gasteiger charge is 2.18. The number of ether oxygens (including phenoxy) is 1. The van der Waals surface area contributed by atoms with Gasteiger partial charge in [0.25, 0.3) is 10.0 Å². The van der Waals surface area contributed by atoms with Gasteiger partial charge in [0, 0.05) is 6.07 Å². The molecule has 8 heteroatoms. The largest absolute Gasteiger partial charge is 0.491 e. The van der Waals surface area contributed by atoms with Gasteiger partial charge in [0.05, 0.1) is 22.7 Å². The Kier molecular flexibility index (Phi) is 4.30. The number of aromatic nitrogens is 1. The molecule has 0 aliphatic carbocycles. The zero-order valence-corrected chi connectivity index (χ0v) is 13.7. The van der Waals surface area contributed by atoms with Crippen LogP contribution in [0.3, 0.4) is 0 Å². The highest BCUT2D eigenvalue weighted by Crippen LogP contribution is 2.27. The van der Waals surface area contributed by atoms with E-state index >= 15 is 0 Å². The molecule has 0 spiro atoms. The number of sulfonamides is 1. The summed E-state index contributed by atoms with van der Waals surface area (Å²) in [6.45, 7) is 2.45. The summed E-state index contributed by atoms with van der Waals surface area (Å²) in [7, 11) is -3.85. The van der Waals surface area contributed by atoms with E-state index in [-0.39, 0.29) is 10.5 Å². The Hall–Kier alpha value is -2.74. The molecular weight excluding hydrogens is 332 g/mol. The number of aromatic amines is 1. The fourth-order valence-electron chi connectivity index (χ4n) is 2.19. The van der Waals surface area contributed by atoms with Crippen LogP contribution in [0.2, 0.25) is 0 Å². The van der Waals surface area contributed by atoms with E-state index in [0.717, 1.165) is 6.42 Å². The summed E-state index contributed by atoms with van der Waals surface area (Å²) < 4.78 is 38.1. The van der Waals surface area contributed by atoms with Crippen molar-refractivity contribution in [2.45, 2.75) is 18.2 Å². The molecule has 0 amide bonds. The highest BCUT2D eigenvalue weighted by molar-refractivity contribution is 7.92. The standard InChI is InChI=1S/C16H16N2O5S/c1-2-9-22-14-6-4-3-5-13(14)18-24(20,21)11-7-8-12-15(10-11)23-16(19)17-12/h3-8,10,18H,2,9H2,1H3,(H,17,19). The van der Waals surface area contributed by atoms with Crippen LogP contribution in [0.1, 0.15) is 13.3 Å². The van der Waals surface area contributed by atoms with E-state index < -0.39 is 15.8 Å². The van der Waals surface area contributed by atoms with E-state index in [9.17, 15) is 13.2 Å². The molecule has 2 N–H and O–H groups in total. The maximum absolute atomic E-state index is 12.6. The van der Waals surface area contributed by atoms with E-state index in [0.29, 0.717) is 23.6 Å². The minimum absolute atomic E-state index is 0.0111. The number of oxazole rings is 1. The normalized spacial score (nSPS) is 11.5. The Bertz CT molecular complexity index is 1020. The van der Waals surface area contributed by atoms with Crippen LogP contribution in [0.5, 0.6) is 5.75 Å². The average molecular weight is 348 g/mol. The van der Waals surface area contributed by atoms with E-state index in [2.05, 4.69) is 9.71 Å². The van der Waals surface area contributed by atoms with Crippen molar-refractivity contribution in [3.05, 3.63) is 53.0 Å². The Morgan fingerprint density at radius 1 is 1.21 bits per heavy atom. The summed E-state index contributed by atoms with van der Waals surface area (Å²) in [4.78, 5) is 13.6. The molecular formula is C16H16N2O5S. The second-order valence-electron chi connectivity index (χ2n) is 5.12. The molecule has 3 rings (SSSR count). The first-order chi connectivity index (χ1) is 11.5. The number of fused-ring (bicyclic) bond motifs is 1. The van der Waals surface area contributed by atoms with Gasteiger partial charge in [-0.25, -0.2) is 13.2 Å². The van der Waals surface area contributed by atoms with Crippen molar-refractivity contribution in [2.75, 3.05) is 11.3 Å². The van der Waals surface area contributed by atoms with Crippen LogP contribution >= 0.6 is 0 Å². The van der Waals surface area contributed by atoms with Gasteiger partial charge in [0.15, 0.2) is 5.58 Å². The Morgan fingerprint density at radius 3 is 2.79 bits per heavy atom. The summed E-state index contributed by atoms with van der Waals surface area (Å²) in [6.07, 6.45) is 0.810. The van der Waals surface area contributed by atoms with Crippen LogP contribution in [0, 0.1) is 0 Å². The first kappa shape index (κ1) is 16.1. The predicted molar refractivity (Wildman–Crippen MR) is 89.9 cm³/mol. The van der Waals surface area contributed by atoms with Crippen molar-refractivity contribution >= 4 is 26.8 Å². The third-order valence-electron chi connectivity index (χ3n) is 3.30. The minimum atomic E-state index is -3.85. The van der Waals surface area contributed by atoms with Gasteiger partial charge in [-0.15, -0.1) is 0 Å². The molecule has 0 aliphatic heterocycles. The molecule has 0 aliphatic rings. The van der Waals surface area contributed by atoms with Crippen molar-refractivity contribution < 1.29 is 17.6 Å². The Morgan fingerprint density at radius 2 is 2.00 bits per heavy atom. The van der Waals surface area contributed by atoms with Crippen LogP contribution < -0.4 is 15.2 Å². The number of para-hydroxylation sites is 2. The van der Waals surface area contributed by atoms with Crippen LogP contribution in [0.25, 0.3) is 11.1 Å². The van der Waals surface area contributed by atoms with Crippen LogP contribution in [0.15, 0.2) is 56.6 Å². The molecule has 0 bridgehead atoms. The molecule has 0 saturated carbocycles. The molecule has 2 aromatic carbocycles. The van der Waals surface area contributed by atoms with Crippen molar-refractivity contribution in [1.82, 2.24) is 4.98 Å². The second kappa shape index (κ2) is 6.40. The molecule has 0 atom stereocenters. The number of anilines is 1. The van der Waals surface area contributed by atoms with Crippen LogP contribution in [-0.4, -0.2) is 20.0 Å². The average Bonchev–Trinajstić information content (AvgIpc) is 2.93. The van der Waals surface area contributed by atoms with Gasteiger partial charge in [0.2, 0.25) is 0 Å². The molecule has 1 aromatic heterocycles. The molecule has 7 nitrogen and oxygen atoms in total. The van der Waals surface area contributed by atoms with Gasteiger partial charge in [0.1, 0.15) is 5.75 Å². The summed E-state index contributed by atoms with van der Waals surface area (Å²) >= 11 is 0. The fourth-order valence-corrected chi connectivity index (χ4v) is 3.27. The molecule has 0 radical (unpaired) electrons. The molecule has 0 unspecified atom stereocenters. The first-order valence-electron chi connectivity index (χ1n) is 7.37. The molecule has 1 heterocycles.